The number of methoxy groups -OCH3 is 1. The van der Waals surface area contributed by atoms with Crippen LogP contribution >= 0.6 is 11.6 Å². The van der Waals surface area contributed by atoms with Gasteiger partial charge in [0.05, 0.1) is 12.1 Å². The molecule has 0 aliphatic carbocycles. The summed E-state index contributed by atoms with van der Waals surface area (Å²) in [5, 5.41) is 0.0153. The molecule has 0 fully saturated rings. The largest absolute Gasteiger partial charge is 0.497 e. The van der Waals surface area contributed by atoms with Gasteiger partial charge in [-0.2, -0.15) is 0 Å². The molecule has 118 valence electrons. The molecule has 23 heavy (non-hydrogen) atoms. The number of benzene rings is 2. The summed E-state index contributed by atoms with van der Waals surface area (Å²) in [6, 6.07) is 11.5. The molecule has 0 saturated carbocycles. The first-order valence-electron chi connectivity index (χ1n) is 6.82. The van der Waals surface area contributed by atoms with Gasteiger partial charge < -0.3 is 13.9 Å². The molecule has 4 nitrogen and oxygen atoms in total. The zero-order valence-electron chi connectivity index (χ0n) is 12.3. The van der Waals surface area contributed by atoms with Gasteiger partial charge >= 0.3 is 0 Å². The predicted molar refractivity (Wildman–Crippen MR) is 84.2 cm³/mol. The van der Waals surface area contributed by atoms with Crippen molar-refractivity contribution in [1.29, 1.82) is 0 Å². The van der Waals surface area contributed by atoms with E-state index in [1.807, 2.05) is 24.3 Å². The molecule has 2 aromatic carbocycles. The molecule has 0 aliphatic rings. The van der Waals surface area contributed by atoms with E-state index in [1.54, 1.807) is 7.11 Å². The Morgan fingerprint density at radius 3 is 2.57 bits per heavy atom. The minimum atomic E-state index is -0.484. The van der Waals surface area contributed by atoms with E-state index in [9.17, 15) is 4.39 Å². The lowest BCUT2D eigenvalue weighted by Gasteiger charge is -2.04. The standard InChI is InChI=1S/C17H13ClFNO3/c1-21-13-4-2-11(3-5-13)17-20-12(10-23-17)9-22-14-6-7-16(19)15(18)8-14/h2-8,10H,9H2,1H3. The van der Waals surface area contributed by atoms with Gasteiger partial charge in [0.15, 0.2) is 0 Å². The molecule has 1 aromatic heterocycles. The van der Waals surface area contributed by atoms with Gasteiger partial charge in [-0.3, -0.25) is 0 Å². The van der Waals surface area contributed by atoms with Gasteiger partial charge in [0.25, 0.3) is 0 Å². The highest BCUT2D eigenvalue weighted by atomic mass is 35.5. The number of ether oxygens (including phenoxy) is 2. The molecule has 0 atom stereocenters. The fourth-order valence-electron chi connectivity index (χ4n) is 1.96. The normalized spacial score (nSPS) is 10.6. The number of oxazole rings is 1. The van der Waals surface area contributed by atoms with Gasteiger partial charge in [-0.1, -0.05) is 11.6 Å². The van der Waals surface area contributed by atoms with Crippen molar-refractivity contribution in [1.82, 2.24) is 4.98 Å². The van der Waals surface area contributed by atoms with Crippen LogP contribution in [-0.4, -0.2) is 12.1 Å². The molecule has 3 aromatic rings. The summed E-state index contributed by atoms with van der Waals surface area (Å²) in [5.41, 5.74) is 1.46. The molecule has 0 N–H and O–H groups in total. The quantitative estimate of drug-likeness (QED) is 0.677. The Bertz CT molecular complexity index is 802. The maximum atomic E-state index is 13.1. The Balaban J connectivity index is 1.67. The lowest BCUT2D eigenvalue weighted by atomic mass is 10.2. The number of hydrogen-bond donors (Lipinski definition) is 0. The molecule has 6 heteroatoms. The summed E-state index contributed by atoms with van der Waals surface area (Å²) in [6.45, 7) is 0.196. The Kier molecular flexibility index (Phi) is 4.48. The van der Waals surface area contributed by atoms with E-state index in [0.29, 0.717) is 17.3 Å². The first-order chi connectivity index (χ1) is 11.2. The fraction of sp³-hybridized carbons (Fsp3) is 0.118. The van der Waals surface area contributed by atoms with Crippen LogP contribution in [0.1, 0.15) is 5.69 Å². The predicted octanol–water partition coefficient (Wildman–Crippen LogP) is 4.72. The number of aromatic nitrogens is 1. The van der Waals surface area contributed by atoms with Crippen LogP contribution in [0.5, 0.6) is 11.5 Å². The number of rotatable bonds is 5. The molecule has 0 spiro atoms. The van der Waals surface area contributed by atoms with E-state index in [1.165, 1.54) is 24.5 Å². The van der Waals surface area contributed by atoms with Crippen LogP contribution in [0, 0.1) is 5.82 Å². The van der Waals surface area contributed by atoms with Crippen LogP contribution in [0.3, 0.4) is 0 Å². The van der Waals surface area contributed by atoms with Crippen molar-refractivity contribution < 1.29 is 18.3 Å². The molecule has 0 bridgehead atoms. The maximum Gasteiger partial charge on any atom is 0.226 e. The first kappa shape index (κ1) is 15.4. The Hall–Kier alpha value is -2.53. The van der Waals surface area contributed by atoms with Crippen LogP contribution < -0.4 is 9.47 Å². The number of hydrogen-bond acceptors (Lipinski definition) is 4. The van der Waals surface area contributed by atoms with E-state index in [0.717, 1.165) is 11.3 Å². The third-order valence-electron chi connectivity index (χ3n) is 3.17. The molecule has 1 heterocycles. The minimum Gasteiger partial charge on any atom is -0.497 e. The van der Waals surface area contributed by atoms with Crippen LogP contribution in [-0.2, 0) is 6.61 Å². The number of halogens is 2. The molecule has 0 amide bonds. The summed E-state index contributed by atoms with van der Waals surface area (Å²) in [7, 11) is 1.61. The van der Waals surface area contributed by atoms with Gasteiger partial charge in [-0.05, 0) is 36.4 Å². The minimum absolute atomic E-state index is 0.0153. The smallest absolute Gasteiger partial charge is 0.226 e. The Morgan fingerprint density at radius 2 is 1.87 bits per heavy atom. The third kappa shape index (κ3) is 3.63. The lowest BCUT2D eigenvalue weighted by molar-refractivity contribution is 0.300. The molecule has 0 unspecified atom stereocenters. The second-order valence-corrected chi connectivity index (χ2v) is 5.14. The van der Waals surface area contributed by atoms with Crippen LogP contribution in [0.25, 0.3) is 11.5 Å². The van der Waals surface area contributed by atoms with Crippen LogP contribution in [0.4, 0.5) is 4.39 Å². The molecular formula is C17H13ClFNO3. The maximum absolute atomic E-state index is 13.1. The zero-order valence-corrected chi connectivity index (χ0v) is 13.0. The summed E-state index contributed by atoms with van der Waals surface area (Å²) in [4.78, 5) is 4.35. The van der Waals surface area contributed by atoms with Gasteiger partial charge in [0.2, 0.25) is 5.89 Å². The fourth-order valence-corrected chi connectivity index (χ4v) is 2.13. The average Bonchev–Trinajstić information content (AvgIpc) is 3.05. The van der Waals surface area contributed by atoms with Gasteiger partial charge in [-0.15, -0.1) is 0 Å². The first-order valence-corrected chi connectivity index (χ1v) is 7.20. The second kappa shape index (κ2) is 6.71. The van der Waals surface area contributed by atoms with Crippen molar-refractivity contribution in [2.45, 2.75) is 6.61 Å². The van der Waals surface area contributed by atoms with Gasteiger partial charge in [-0.25, -0.2) is 9.37 Å². The second-order valence-electron chi connectivity index (χ2n) is 4.74. The SMILES string of the molecule is COc1ccc(-c2nc(COc3ccc(F)c(Cl)c3)co2)cc1. The van der Waals surface area contributed by atoms with Gasteiger partial charge in [0.1, 0.15) is 35.9 Å². The highest BCUT2D eigenvalue weighted by molar-refractivity contribution is 6.30. The van der Waals surface area contributed by atoms with Crippen molar-refractivity contribution in [2.24, 2.45) is 0 Å². The van der Waals surface area contributed by atoms with Gasteiger partial charge in [0, 0.05) is 11.6 Å². The summed E-state index contributed by atoms with van der Waals surface area (Å²) in [5.74, 6) is 1.23. The van der Waals surface area contributed by atoms with E-state index < -0.39 is 5.82 Å². The Labute approximate surface area is 137 Å². The highest BCUT2D eigenvalue weighted by Crippen LogP contribution is 2.24. The summed E-state index contributed by atoms with van der Waals surface area (Å²) in [6.07, 6.45) is 1.52. The topological polar surface area (TPSA) is 44.5 Å². The van der Waals surface area contributed by atoms with E-state index in [4.69, 9.17) is 25.5 Å². The molecule has 0 saturated heterocycles. The summed E-state index contributed by atoms with van der Waals surface area (Å²) < 4.78 is 29.1. The van der Waals surface area contributed by atoms with Crippen LogP contribution in [0.2, 0.25) is 5.02 Å². The van der Waals surface area contributed by atoms with Crippen molar-refractivity contribution >= 4 is 11.6 Å². The van der Waals surface area contributed by atoms with Crippen molar-refractivity contribution in [2.75, 3.05) is 7.11 Å². The Morgan fingerprint density at radius 1 is 1.13 bits per heavy atom. The molecule has 0 aliphatic heterocycles. The highest BCUT2D eigenvalue weighted by Gasteiger charge is 2.08. The lowest BCUT2D eigenvalue weighted by Crippen LogP contribution is -1.96. The average molecular weight is 334 g/mol. The van der Waals surface area contributed by atoms with Crippen molar-refractivity contribution in [3.8, 4) is 23.0 Å². The monoisotopic (exact) mass is 333 g/mol. The molecular weight excluding hydrogens is 321 g/mol. The summed E-state index contributed by atoms with van der Waals surface area (Å²) >= 11 is 5.71. The van der Waals surface area contributed by atoms with Crippen molar-refractivity contribution in [3.05, 3.63) is 65.3 Å². The third-order valence-corrected chi connectivity index (χ3v) is 3.46. The molecule has 3 rings (SSSR count). The van der Waals surface area contributed by atoms with E-state index in [2.05, 4.69) is 4.98 Å². The zero-order chi connectivity index (χ0) is 16.2. The van der Waals surface area contributed by atoms with Crippen molar-refractivity contribution in [3.63, 3.8) is 0 Å². The molecule has 0 radical (unpaired) electrons. The number of nitrogens with zero attached hydrogens (tertiary/aromatic N) is 1. The van der Waals surface area contributed by atoms with E-state index in [-0.39, 0.29) is 11.6 Å². The van der Waals surface area contributed by atoms with Crippen LogP contribution in [0.15, 0.2) is 53.1 Å². The van der Waals surface area contributed by atoms with E-state index >= 15 is 0 Å².